The van der Waals surface area contributed by atoms with Crippen molar-refractivity contribution < 1.29 is 83.8 Å². The van der Waals surface area contributed by atoms with Crippen LogP contribution in [0.3, 0.4) is 0 Å². The lowest BCUT2D eigenvalue weighted by Gasteiger charge is -2.39. The van der Waals surface area contributed by atoms with Gasteiger partial charge in [-0.1, -0.05) is 12.1 Å². The van der Waals surface area contributed by atoms with Crippen LogP contribution in [0.15, 0.2) is 24.3 Å². The standard InChI is InChI=1S/C19H9F18N5O/c1-6(43)38-7-4-2-3-5-8(7)39-11-41-9(12(14(20,21)22,15(23,24)25)16(26,27)28)40-10(42-11)13(17(29,30)31,18(32,33)34)19(35,36)37/h2-5H,1H3,(H,38,43)(H,39,40,41,42). The van der Waals surface area contributed by atoms with E-state index in [4.69, 9.17) is 0 Å². The zero-order valence-corrected chi connectivity index (χ0v) is 19.9. The van der Waals surface area contributed by atoms with E-state index in [1.54, 1.807) is 0 Å². The zero-order chi connectivity index (χ0) is 33.8. The summed E-state index contributed by atoms with van der Waals surface area (Å²) in [5.74, 6) is -11.7. The minimum Gasteiger partial charge on any atom is -0.325 e. The van der Waals surface area contributed by atoms with Gasteiger partial charge in [-0.2, -0.15) is 89.0 Å². The van der Waals surface area contributed by atoms with Crippen molar-refractivity contribution >= 4 is 23.2 Å². The average molecular weight is 665 g/mol. The molecular formula is C19H9F18N5O. The van der Waals surface area contributed by atoms with E-state index >= 15 is 0 Å². The third-order valence-corrected chi connectivity index (χ3v) is 5.34. The lowest BCUT2D eigenvalue weighted by Crippen LogP contribution is -2.66. The fourth-order valence-electron chi connectivity index (χ4n) is 3.50. The van der Waals surface area contributed by atoms with Crippen LogP contribution in [0.1, 0.15) is 18.6 Å². The third-order valence-electron chi connectivity index (χ3n) is 5.34. The van der Waals surface area contributed by atoms with Gasteiger partial charge in [0.2, 0.25) is 11.9 Å². The van der Waals surface area contributed by atoms with Gasteiger partial charge in [0.15, 0.2) is 11.6 Å². The molecule has 0 saturated heterocycles. The summed E-state index contributed by atoms with van der Waals surface area (Å²) < 4.78 is 246. The number of halogens is 18. The quantitative estimate of drug-likeness (QED) is 0.325. The molecule has 24 heteroatoms. The third kappa shape index (κ3) is 5.78. The number of nitrogens with one attached hydrogen (secondary N) is 2. The molecule has 242 valence electrons. The second-order valence-corrected chi connectivity index (χ2v) is 8.14. The SMILES string of the molecule is CC(=O)Nc1ccccc1Nc1nc(C(C(F)(F)F)(C(F)(F)F)C(F)(F)F)nc(C(C(F)(F)F)(C(F)(F)F)C(F)(F)F)n1. The normalized spacial score (nSPS) is 14.5. The van der Waals surface area contributed by atoms with Crippen LogP contribution in [0.4, 0.5) is 96.4 Å². The number of hydrogen-bond acceptors (Lipinski definition) is 5. The maximum Gasteiger partial charge on any atom is 0.419 e. The highest BCUT2D eigenvalue weighted by molar-refractivity contribution is 5.93. The van der Waals surface area contributed by atoms with E-state index < -0.39 is 82.8 Å². The van der Waals surface area contributed by atoms with Crippen LogP contribution in [-0.4, -0.2) is 57.9 Å². The molecule has 0 radical (unpaired) electrons. The minimum absolute atomic E-state index is 0.615. The van der Waals surface area contributed by atoms with Gasteiger partial charge in [0.05, 0.1) is 11.4 Å². The first-order chi connectivity index (χ1) is 19.0. The molecule has 0 atom stereocenters. The molecule has 0 aliphatic rings. The number of aromatic nitrogens is 3. The molecule has 2 aromatic rings. The number of carbonyl (C=O) groups is 1. The van der Waals surface area contributed by atoms with E-state index in [1.807, 2.05) is 5.32 Å². The highest BCUT2D eigenvalue weighted by Crippen LogP contribution is 2.62. The molecular weight excluding hydrogens is 656 g/mol. The number of amides is 1. The summed E-state index contributed by atoms with van der Waals surface area (Å²) in [6.07, 6.45) is -46.8. The molecule has 0 aliphatic heterocycles. The minimum atomic E-state index is -7.80. The molecule has 0 bridgehead atoms. The van der Waals surface area contributed by atoms with Gasteiger partial charge in [-0.3, -0.25) is 4.79 Å². The lowest BCUT2D eigenvalue weighted by molar-refractivity contribution is -0.391. The van der Waals surface area contributed by atoms with E-state index in [2.05, 4.69) is 9.97 Å². The van der Waals surface area contributed by atoms with Crippen molar-refractivity contribution in [3.8, 4) is 0 Å². The van der Waals surface area contributed by atoms with Crippen molar-refractivity contribution in [2.45, 2.75) is 54.8 Å². The Bertz CT molecular complexity index is 1200. The number of nitrogens with zero attached hydrogens (tertiary/aromatic N) is 3. The van der Waals surface area contributed by atoms with Crippen LogP contribution in [-0.2, 0) is 15.6 Å². The second-order valence-electron chi connectivity index (χ2n) is 8.14. The van der Waals surface area contributed by atoms with E-state index in [9.17, 15) is 83.8 Å². The van der Waals surface area contributed by atoms with E-state index in [-0.39, 0.29) is 0 Å². The molecule has 0 fully saturated rings. The Hall–Kier alpha value is -3.76. The second kappa shape index (κ2) is 10.4. The topological polar surface area (TPSA) is 79.8 Å². The maximum atomic E-state index is 13.7. The molecule has 2 N–H and O–H groups in total. The van der Waals surface area contributed by atoms with Gasteiger partial charge in [-0.15, -0.1) is 0 Å². The van der Waals surface area contributed by atoms with Crippen LogP contribution < -0.4 is 10.6 Å². The summed E-state index contributed by atoms with van der Waals surface area (Å²) in [5.41, 5.74) is -16.7. The summed E-state index contributed by atoms with van der Waals surface area (Å²) >= 11 is 0. The molecule has 1 heterocycles. The maximum absolute atomic E-state index is 13.7. The summed E-state index contributed by atoms with van der Waals surface area (Å²) in [7, 11) is 0. The molecule has 1 aromatic carbocycles. The molecule has 1 aromatic heterocycles. The molecule has 0 saturated carbocycles. The summed E-state index contributed by atoms with van der Waals surface area (Å²) in [6.45, 7) is 0.768. The Morgan fingerprint density at radius 3 is 1.12 bits per heavy atom. The molecule has 43 heavy (non-hydrogen) atoms. The van der Waals surface area contributed by atoms with Crippen LogP contribution >= 0.6 is 0 Å². The fourth-order valence-corrected chi connectivity index (χ4v) is 3.50. The van der Waals surface area contributed by atoms with E-state index in [0.717, 1.165) is 25.1 Å². The Kier molecular flexibility index (Phi) is 8.61. The number of rotatable bonds is 5. The van der Waals surface area contributed by atoms with Gasteiger partial charge < -0.3 is 10.6 Å². The van der Waals surface area contributed by atoms with Crippen molar-refractivity contribution in [3.05, 3.63) is 35.9 Å². The van der Waals surface area contributed by atoms with Crippen molar-refractivity contribution in [3.63, 3.8) is 0 Å². The molecule has 0 spiro atoms. The number of benzene rings is 1. The summed E-state index contributed by atoms with van der Waals surface area (Å²) in [5, 5.41) is 3.21. The van der Waals surface area contributed by atoms with Gasteiger partial charge in [-0.05, 0) is 12.1 Å². The number of anilines is 3. The van der Waals surface area contributed by atoms with Crippen LogP contribution in [0.5, 0.6) is 0 Å². The molecule has 0 unspecified atom stereocenters. The van der Waals surface area contributed by atoms with Crippen molar-refractivity contribution in [1.29, 1.82) is 0 Å². The first-order valence-corrected chi connectivity index (χ1v) is 10.3. The average Bonchev–Trinajstić information content (AvgIpc) is 2.68. The molecule has 1 amide bonds. The number of hydrogen-bond donors (Lipinski definition) is 2. The number of carbonyl (C=O) groups excluding carboxylic acids is 1. The van der Waals surface area contributed by atoms with Crippen molar-refractivity contribution in [1.82, 2.24) is 15.0 Å². The van der Waals surface area contributed by atoms with Gasteiger partial charge in [-0.25, -0.2) is 4.98 Å². The van der Waals surface area contributed by atoms with Gasteiger partial charge in [0, 0.05) is 6.92 Å². The van der Waals surface area contributed by atoms with E-state index in [1.165, 1.54) is 10.3 Å². The Labute approximate surface area is 224 Å². The predicted molar refractivity (Wildman–Crippen MR) is 104 cm³/mol. The largest absolute Gasteiger partial charge is 0.419 e. The van der Waals surface area contributed by atoms with Gasteiger partial charge in [0.1, 0.15) is 0 Å². The van der Waals surface area contributed by atoms with Gasteiger partial charge >= 0.3 is 47.9 Å². The predicted octanol–water partition coefficient (Wildman–Crippen LogP) is 7.42. The molecule has 6 nitrogen and oxygen atoms in total. The Morgan fingerprint density at radius 1 is 0.535 bits per heavy atom. The lowest BCUT2D eigenvalue weighted by atomic mass is 9.82. The fraction of sp³-hybridized carbons (Fsp3) is 0.474. The number of alkyl halides is 18. The van der Waals surface area contributed by atoms with Crippen molar-refractivity contribution in [2.24, 2.45) is 0 Å². The van der Waals surface area contributed by atoms with Crippen molar-refractivity contribution in [2.75, 3.05) is 10.6 Å². The van der Waals surface area contributed by atoms with Gasteiger partial charge in [0.25, 0.3) is 0 Å². The monoisotopic (exact) mass is 665 g/mol. The summed E-state index contributed by atoms with van der Waals surface area (Å²) in [6, 6.07) is 3.31. The zero-order valence-electron chi connectivity index (χ0n) is 19.9. The number of para-hydroxylation sites is 2. The van der Waals surface area contributed by atoms with E-state index in [0.29, 0.717) is 6.07 Å². The first kappa shape index (κ1) is 35.4. The van der Waals surface area contributed by atoms with Crippen LogP contribution in [0.2, 0.25) is 0 Å². The Morgan fingerprint density at radius 2 is 0.837 bits per heavy atom. The molecule has 2 rings (SSSR count). The smallest absolute Gasteiger partial charge is 0.325 e. The van der Waals surface area contributed by atoms with Crippen LogP contribution in [0.25, 0.3) is 0 Å². The van der Waals surface area contributed by atoms with Crippen LogP contribution in [0, 0.1) is 0 Å². The highest BCUT2D eigenvalue weighted by Gasteiger charge is 2.89. The highest BCUT2D eigenvalue weighted by atomic mass is 19.4. The summed E-state index contributed by atoms with van der Waals surface area (Å²) in [4.78, 5) is 16.8. The first-order valence-electron chi connectivity index (χ1n) is 10.3. The molecule has 0 aliphatic carbocycles. The Balaban J connectivity index is 3.29.